The number of hydrogen-bond acceptors (Lipinski definition) is 4. The second kappa shape index (κ2) is 9.41. The molecule has 8 heteroatoms. The fourth-order valence-electron chi connectivity index (χ4n) is 2.35. The van der Waals surface area contributed by atoms with Crippen LogP contribution >= 0.6 is 43.5 Å². The molecule has 2 aromatic carbocycles. The van der Waals surface area contributed by atoms with Gasteiger partial charge >= 0.3 is 0 Å². The summed E-state index contributed by atoms with van der Waals surface area (Å²) in [5.41, 5.74) is 4.37. The number of amides is 1. The third-order valence-electron chi connectivity index (χ3n) is 3.63. The van der Waals surface area contributed by atoms with E-state index in [0.29, 0.717) is 22.3 Å². The third-order valence-corrected chi connectivity index (χ3v) is 5.06. The number of nitrogens with one attached hydrogen (secondary N) is 1. The van der Waals surface area contributed by atoms with Crippen LogP contribution < -0.4 is 10.2 Å². The summed E-state index contributed by atoms with van der Waals surface area (Å²) in [5, 5.41) is 4.55. The molecule has 0 spiro atoms. The van der Waals surface area contributed by atoms with Crippen molar-refractivity contribution in [1.29, 1.82) is 0 Å². The molecule has 0 unspecified atom stereocenters. The predicted octanol–water partition coefficient (Wildman–Crippen LogP) is 5.96. The van der Waals surface area contributed by atoms with Crippen LogP contribution in [0.1, 0.15) is 11.3 Å². The van der Waals surface area contributed by atoms with Gasteiger partial charge in [-0.15, -0.1) is 0 Å². The van der Waals surface area contributed by atoms with Crippen LogP contribution in [0.15, 0.2) is 67.0 Å². The maximum atomic E-state index is 11.9. The van der Waals surface area contributed by atoms with Gasteiger partial charge in [-0.1, -0.05) is 11.6 Å². The van der Waals surface area contributed by atoms with Crippen molar-refractivity contribution in [2.24, 2.45) is 5.10 Å². The van der Waals surface area contributed by atoms with Crippen molar-refractivity contribution in [2.45, 2.75) is 6.92 Å². The van der Waals surface area contributed by atoms with Crippen molar-refractivity contribution < 1.29 is 13.9 Å². The number of carbonyl (C=O) groups excluding carboxylic acids is 1. The van der Waals surface area contributed by atoms with Crippen LogP contribution in [-0.4, -0.2) is 18.7 Å². The standard InChI is InChI=1S/C20H15Br2ClN2O3/c1-12-8-16(21)20(17(22)9-12)27-11-19(26)25-24-10-15-6-7-18(28-15)13-2-4-14(23)5-3-13/h2-10H,11H2,1H3,(H,25,26)/b24-10+. The first-order valence-corrected chi connectivity index (χ1v) is 10.1. The SMILES string of the molecule is Cc1cc(Br)c(OCC(=O)N/N=C/c2ccc(-c3ccc(Cl)cc3)o2)c(Br)c1. The monoisotopic (exact) mass is 524 g/mol. The van der Waals surface area contributed by atoms with Gasteiger partial charge in [-0.25, -0.2) is 5.43 Å². The molecule has 0 fully saturated rings. The van der Waals surface area contributed by atoms with Gasteiger partial charge in [-0.2, -0.15) is 5.10 Å². The highest BCUT2D eigenvalue weighted by Crippen LogP contribution is 2.34. The quantitative estimate of drug-likeness (QED) is 0.318. The highest BCUT2D eigenvalue weighted by Gasteiger charge is 2.10. The number of hydrazone groups is 1. The Morgan fingerprint density at radius 2 is 1.86 bits per heavy atom. The van der Waals surface area contributed by atoms with Crippen LogP contribution in [0.2, 0.25) is 5.02 Å². The Labute approximate surface area is 184 Å². The molecule has 0 aliphatic rings. The van der Waals surface area contributed by atoms with E-state index in [0.717, 1.165) is 20.1 Å². The van der Waals surface area contributed by atoms with E-state index in [2.05, 4.69) is 42.4 Å². The molecule has 3 rings (SSSR count). The van der Waals surface area contributed by atoms with E-state index >= 15 is 0 Å². The lowest BCUT2D eigenvalue weighted by molar-refractivity contribution is -0.123. The summed E-state index contributed by atoms with van der Waals surface area (Å²) in [6.45, 7) is 1.79. The predicted molar refractivity (Wildman–Crippen MR) is 117 cm³/mol. The first-order chi connectivity index (χ1) is 13.4. The molecule has 0 aliphatic heterocycles. The number of furan rings is 1. The lowest BCUT2D eigenvalue weighted by atomic mass is 10.2. The van der Waals surface area contributed by atoms with Gasteiger partial charge in [0.1, 0.15) is 17.3 Å². The summed E-state index contributed by atoms with van der Waals surface area (Å²) >= 11 is 12.7. The maximum Gasteiger partial charge on any atom is 0.277 e. The summed E-state index contributed by atoms with van der Waals surface area (Å²) in [7, 11) is 0. The highest BCUT2D eigenvalue weighted by molar-refractivity contribution is 9.11. The molecule has 0 radical (unpaired) electrons. The van der Waals surface area contributed by atoms with Crippen LogP contribution in [0.5, 0.6) is 5.75 Å². The van der Waals surface area contributed by atoms with Crippen LogP contribution in [-0.2, 0) is 4.79 Å². The Kier molecular flexibility index (Phi) is 6.93. The first kappa shape index (κ1) is 20.6. The fraction of sp³-hybridized carbons (Fsp3) is 0.100. The number of carbonyl (C=O) groups is 1. The van der Waals surface area contributed by atoms with Crippen molar-refractivity contribution in [1.82, 2.24) is 5.43 Å². The van der Waals surface area contributed by atoms with E-state index in [1.165, 1.54) is 6.21 Å². The molecule has 0 saturated heterocycles. The van der Waals surface area contributed by atoms with Crippen molar-refractivity contribution in [3.63, 3.8) is 0 Å². The van der Waals surface area contributed by atoms with Crippen LogP contribution in [0.4, 0.5) is 0 Å². The fourth-order valence-corrected chi connectivity index (χ4v) is 4.12. The Hall–Kier alpha value is -2.09. The molecular formula is C20H15Br2ClN2O3. The Morgan fingerprint density at radius 1 is 1.18 bits per heavy atom. The van der Waals surface area contributed by atoms with Gasteiger partial charge in [0, 0.05) is 10.6 Å². The Bertz CT molecular complexity index is 994. The molecule has 0 atom stereocenters. The zero-order chi connectivity index (χ0) is 20.1. The van der Waals surface area contributed by atoms with Crippen molar-refractivity contribution in [3.8, 4) is 17.1 Å². The lowest BCUT2D eigenvalue weighted by Crippen LogP contribution is -2.24. The molecule has 1 N–H and O–H groups in total. The molecule has 28 heavy (non-hydrogen) atoms. The minimum atomic E-state index is -0.389. The molecular weight excluding hydrogens is 511 g/mol. The smallest absolute Gasteiger partial charge is 0.277 e. The number of halogens is 3. The molecule has 5 nitrogen and oxygen atoms in total. The minimum absolute atomic E-state index is 0.175. The van der Waals surface area contributed by atoms with Crippen LogP contribution in [0.25, 0.3) is 11.3 Å². The third kappa shape index (κ3) is 5.47. The Balaban J connectivity index is 1.54. The second-order valence-electron chi connectivity index (χ2n) is 5.85. The van der Waals surface area contributed by atoms with Gasteiger partial charge in [-0.05, 0) is 92.9 Å². The molecule has 1 heterocycles. The first-order valence-electron chi connectivity index (χ1n) is 8.18. The number of hydrogen-bond donors (Lipinski definition) is 1. The van der Waals surface area contributed by atoms with Crippen molar-refractivity contribution >= 4 is 55.6 Å². The van der Waals surface area contributed by atoms with Gasteiger partial charge in [0.05, 0.1) is 15.2 Å². The normalized spacial score (nSPS) is 11.0. The van der Waals surface area contributed by atoms with E-state index in [1.54, 1.807) is 18.2 Å². The number of rotatable bonds is 6. The molecule has 0 saturated carbocycles. The summed E-state index contributed by atoms with van der Waals surface area (Å²) in [5.74, 6) is 1.36. The van der Waals surface area contributed by atoms with Crippen LogP contribution in [0.3, 0.4) is 0 Å². The molecule has 1 amide bonds. The largest absolute Gasteiger partial charge is 0.481 e. The number of aryl methyl sites for hydroxylation is 1. The van der Waals surface area contributed by atoms with Crippen molar-refractivity contribution in [2.75, 3.05) is 6.61 Å². The summed E-state index contributed by atoms with van der Waals surface area (Å²) < 4.78 is 12.8. The average molecular weight is 527 g/mol. The van der Waals surface area contributed by atoms with E-state index in [-0.39, 0.29) is 12.5 Å². The second-order valence-corrected chi connectivity index (χ2v) is 7.99. The molecule has 144 valence electrons. The van der Waals surface area contributed by atoms with Gasteiger partial charge in [-0.3, -0.25) is 4.79 Å². The van der Waals surface area contributed by atoms with Gasteiger partial charge in [0.15, 0.2) is 6.61 Å². The lowest BCUT2D eigenvalue weighted by Gasteiger charge is -2.10. The summed E-state index contributed by atoms with van der Waals surface area (Å²) in [6, 6.07) is 14.7. The highest BCUT2D eigenvalue weighted by atomic mass is 79.9. The van der Waals surface area contributed by atoms with E-state index in [4.69, 9.17) is 20.8 Å². The van der Waals surface area contributed by atoms with E-state index in [9.17, 15) is 4.79 Å². The van der Waals surface area contributed by atoms with Crippen LogP contribution in [0, 0.1) is 6.92 Å². The number of benzene rings is 2. The van der Waals surface area contributed by atoms with Gasteiger partial charge in [0.25, 0.3) is 5.91 Å². The molecule has 3 aromatic rings. The zero-order valence-corrected chi connectivity index (χ0v) is 18.6. The average Bonchev–Trinajstić information content (AvgIpc) is 3.10. The maximum absolute atomic E-state index is 11.9. The van der Waals surface area contributed by atoms with Gasteiger partial charge in [0.2, 0.25) is 0 Å². The molecule has 1 aromatic heterocycles. The Morgan fingerprint density at radius 3 is 2.54 bits per heavy atom. The zero-order valence-electron chi connectivity index (χ0n) is 14.7. The topological polar surface area (TPSA) is 63.8 Å². The number of nitrogens with zero attached hydrogens (tertiary/aromatic N) is 1. The summed E-state index contributed by atoms with van der Waals surface area (Å²) in [6.07, 6.45) is 1.43. The molecule has 0 aliphatic carbocycles. The number of ether oxygens (including phenoxy) is 1. The molecule has 0 bridgehead atoms. The minimum Gasteiger partial charge on any atom is -0.481 e. The van der Waals surface area contributed by atoms with E-state index in [1.807, 2.05) is 37.3 Å². The van der Waals surface area contributed by atoms with E-state index < -0.39 is 0 Å². The van der Waals surface area contributed by atoms with Gasteiger partial charge < -0.3 is 9.15 Å². The summed E-state index contributed by atoms with van der Waals surface area (Å²) in [4.78, 5) is 11.9. The van der Waals surface area contributed by atoms with Crippen molar-refractivity contribution in [3.05, 3.63) is 73.8 Å².